The molecule has 21 heavy (non-hydrogen) atoms. The molecule has 2 fully saturated rings. The van der Waals surface area contributed by atoms with E-state index in [1.807, 2.05) is 25.7 Å². The van der Waals surface area contributed by atoms with Gasteiger partial charge in [-0.2, -0.15) is 0 Å². The highest BCUT2D eigenvalue weighted by molar-refractivity contribution is 5.90. The topological polar surface area (TPSA) is 52.6 Å². The molecule has 0 aliphatic carbocycles. The van der Waals surface area contributed by atoms with Gasteiger partial charge < -0.3 is 15.1 Å². The van der Waals surface area contributed by atoms with Crippen LogP contribution < -0.4 is 5.32 Å². The summed E-state index contributed by atoms with van der Waals surface area (Å²) in [5.74, 6) is 0.530. The first-order chi connectivity index (χ1) is 9.70. The fourth-order valence-corrected chi connectivity index (χ4v) is 3.51. The number of nitrogens with zero attached hydrogens (tertiary/aromatic N) is 2. The summed E-state index contributed by atoms with van der Waals surface area (Å²) in [6.45, 7) is 10.8. The number of rotatable bonds is 1. The number of carbonyl (C=O) groups excluding carboxylic acids is 2. The maximum atomic E-state index is 13.0. The number of piperidine rings is 1. The molecule has 5 heteroatoms. The number of likely N-dealkylation sites (tertiary alicyclic amines) is 1. The van der Waals surface area contributed by atoms with Crippen molar-refractivity contribution in [1.82, 2.24) is 15.1 Å². The van der Waals surface area contributed by atoms with Gasteiger partial charge in [0.2, 0.25) is 11.8 Å². The Morgan fingerprint density at radius 2 is 1.86 bits per heavy atom. The number of carbonyl (C=O) groups is 2. The summed E-state index contributed by atoms with van der Waals surface area (Å²) in [5.41, 5.74) is -0.260. The summed E-state index contributed by atoms with van der Waals surface area (Å²) in [6, 6.07) is -0.161. The summed E-state index contributed by atoms with van der Waals surface area (Å²) >= 11 is 0. The monoisotopic (exact) mass is 295 g/mol. The molecule has 2 rings (SSSR count). The molecule has 5 nitrogen and oxygen atoms in total. The van der Waals surface area contributed by atoms with Crippen LogP contribution in [0.15, 0.2) is 0 Å². The molecule has 120 valence electrons. The standard InChI is InChI=1S/C16H29N3O2/c1-11-10-18(5)8-6-12(11)19-9-7-13(20)17-14(15(19)21)16(2,3)4/h11-12,14H,6-10H2,1-5H3,(H,17,20). The molecule has 2 heterocycles. The molecule has 2 aliphatic rings. The lowest BCUT2D eigenvalue weighted by atomic mass is 9.84. The second-order valence-electron chi connectivity index (χ2n) is 7.74. The molecule has 0 radical (unpaired) electrons. The quantitative estimate of drug-likeness (QED) is 0.788. The van der Waals surface area contributed by atoms with Crippen LogP contribution in [0.25, 0.3) is 0 Å². The first-order valence-corrected chi connectivity index (χ1v) is 7.98. The van der Waals surface area contributed by atoms with Crippen LogP contribution in [0.1, 0.15) is 40.5 Å². The molecule has 2 saturated heterocycles. The molecular formula is C16H29N3O2. The molecule has 2 amide bonds. The van der Waals surface area contributed by atoms with E-state index in [0.717, 1.165) is 19.5 Å². The van der Waals surface area contributed by atoms with E-state index in [9.17, 15) is 9.59 Å². The van der Waals surface area contributed by atoms with Crippen molar-refractivity contribution in [1.29, 1.82) is 0 Å². The predicted octanol–water partition coefficient (Wildman–Crippen LogP) is 1.09. The van der Waals surface area contributed by atoms with Crippen LogP contribution in [0.5, 0.6) is 0 Å². The summed E-state index contributed by atoms with van der Waals surface area (Å²) in [6.07, 6.45) is 1.41. The van der Waals surface area contributed by atoms with Gasteiger partial charge in [0.1, 0.15) is 6.04 Å². The summed E-state index contributed by atoms with van der Waals surface area (Å²) in [4.78, 5) is 29.2. The zero-order valence-corrected chi connectivity index (χ0v) is 14.0. The summed E-state index contributed by atoms with van der Waals surface area (Å²) in [5, 5.41) is 2.92. The molecule has 0 aromatic heterocycles. The van der Waals surface area contributed by atoms with Crippen molar-refractivity contribution in [3.05, 3.63) is 0 Å². The third kappa shape index (κ3) is 3.57. The Morgan fingerprint density at radius 3 is 2.43 bits per heavy atom. The molecule has 0 spiro atoms. The maximum absolute atomic E-state index is 13.0. The lowest BCUT2D eigenvalue weighted by Gasteiger charge is -2.43. The van der Waals surface area contributed by atoms with Crippen molar-refractivity contribution in [3.8, 4) is 0 Å². The average Bonchev–Trinajstić information content (AvgIpc) is 2.50. The average molecular weight is 295 g/mol. The second kappa shape index (κ2) is 5.95. The van der Waals surface area contributed by atoms with Crippen LogP contribution in [-0.4, -0.2) is 60.4 Å². The van der Waals surface area contributed by atoms with Crippen LogP contribution in [0.4, 0.5) is 0 Å². The minimum absolute atomic E-state index is 0.00800. The van der Waals surface area contributed by atoms with Crippen molar-refractivity contribution in [2.24, 2.45) is 11.3 Å². The molecule has 0 aromatic rings. The smallest absolute Gasteiger partial charge is 0.245 e. The number of amides is 2. The van der Waals surface area contributed by atoms with Crippen molar-refractivity contribution in [2.45, 2.75) is 52.6 Å². The summed E-state index contributed by atoms with van der Waals surface area (Å²) < 4.78 is 0. The highest BCUT2D eigenvalue weighted by Gasteiger charge is 2.41. The predicted molar refractivity (Wildman–Crippen MR) is 82.8 cm³/mol. The van der Waals surface area contributed by atoms with Gasteiger partial charge in [0, 0.05) is 25.6 Å². The van der Waals surface area contributed by atoms with Gasteiger partial charge in [-0.15, -0.1) is 0 Å². The Hall–Kier alpha value is -1.10. The van der Waals surface area contributed by atoms with Gasteiger partial charge in [-0.3, -0.25) is 9.59 Å². The molecular weight excluding hydrogens is 266 g/mol. The Balaban J connectivity index is 2.21. The Kier molecular flexibility index (Phi) is 4.61. The summed E-state index contributed by atoms with van der Waals surface area (Å²) in [7, 11) is 2.13. The first kappa shape index (κ1) is 16.3. The van der Waals surface area contributed by atoms with E-state index in [1.165, 1.54) is 0 Å². The van der Waals surface area contributed by atoms with Crippen LogP contribution in [0.3, 0.4) is 0 Å². The largest absolute Gasteiger partial charge is 0.344 e. The van der Waals surface area contributed by atoms with E-state index in [2.05, 4.69) is 24.2 Å². The molecule has 0 aromatic carbocycles. The zero-order chi connectivity index (χ0) is 15.8. The highest BCUT2D eigenvalue weighted by atomic mass is 16.2. The number of hydrogen-bond donors (Lipinski definition) is 1. The molecule has 3 unspecified atom stereocenters. The van der Waals surface area contributed by atoms with Crippen molar-refractivity contribution in [3.63, 3.8) is 0 Å². The zero-order valence-electron chi connectivity index (χ0n) is 14.0. The van der Waals surface area contributed by atoms with E-state index in [0.29, 0.717) is 18.9 Å². The number of hydrogen-bond acceptors (Lipinski definition) is 3. The molecule has 1 N–H and O–H groups in total. The van der Waals surface area contributed by atoms with Crippen LogP contribution >= 0.6 is 0 Å². The lowest BCUT2D eigenvalue weighted by Crippen LogP contribution is -2.57. The first-order valence-electron chi connectivity index (χ1n) is 7.98. The van der Waals surface area contributed by atoms with Crippen LogP contribution in [0.2, 0.25) is 0 Å². The van der Waals surface area contributed by atoms with Crippen molar-refractivity contribution >= 4 is 11.8 Å². The normalized spacial score (nSPS) is 32.8. The van der Waals surface area contributed by atoms with Crippen molar-refractivity contribution < 1.29 is 9.59 Å². The minimum atomic E-state index is -0.417. The Bertz CT molecular complexity index is 416. The number of nitrogens with one attached hydrogen (secondary N) is 1. The van der Waals surface area contributed by atoms with Crippen molar-refractivity contribution in [2.75, 3.05) is 26.7 Å². The van der Waals surface area contributed by atoms with Crippen LogP contribution in [-0.2, 0) is 9.59 Å². The highest BCUT2D eigenvalue weighted by Crippen LogP contribution is 2.28. The third-order valence-electron chi connectivity index (χ3n) is 4.74. The molecule has 0 saturated carbocycles. The second-order valence-corrected chi connectivity index (χ2v) is 7.74. The van der Waals surface area contributed by atoms with E-state index >= 15 is 0 Å². The van der Waals surface area contributed by atoms with E-state index in [1.54, 1.807) is 0 Å². The van der Waals surface area contributed by atoms with Gasteiger partial charge in [0.25, 0.3) is 0 Å². The SMILES string of the molecule is CC1CN(C)CCC1N1CCC(=O)NC(C(C)(C)C)C1=O. The van der Waals surface area contributed by atoms with Crippen LogP contribution in [0, 0.1) is 11.3 Å². The fraction of sp³-hybridized carbons (Fsp3) is 0.875. The maximum Gasteiger partial charge on any atom is 0.245 e. The van der Waals surface area contributed by atoms with Gasteiger partial charge in [-0.1, -0.05) is 27.7 Å². The minimum Gasteiger partial charge on any atom is -0.344 e. The third-order valence-corrected chi connectivity index (χ3v) is 4.74. The Morgan fingerprint density at radius 1 is 1.19 bits per heavy atom. The molecule has 2 aliphatic heterocycles. The lowest BCUT2D eigenvalue weighted by molar-refractivity contribution is -0.140. The fourth-order valence-electron chi connectivity index (χ4n) is 3.51. The van der Waals surface area contributed by atoms with Gasteiger partial charge in [0.05, 0.1) is 0 Å². The Labute approximate surface area is 128 Å². The molecule has 0 bridgehead atoms. The van der Waals surface area contributed by atoms with Gasteiger partial charge in [-0.25, -0.2) is 0 Å². The van der Waals surface area contributed by atoms with Gasteiger partial charge >= 0.3 is 0 Å². The molecule has 3 atom stereocenters. The van der Waals surface area contributed by atoms with E-state index in [4.69, 9.17) is 0 Å². The van der Waals surface area contributed by atoms with E-state index in [-0.39, 0.29) is 23.3 Å². The van der Waals surface area contributed by atoms with Gasteiger partial charge in [0.15, 0.2) is 0 Å². The van der Waals surface area contributed by atoms with Gasteiger partial charge in [-0.05, 0) is 31.3 Å². The van der Waals surface area contributed by atoms with E-state index < -0.39 is 6.04 Å².